The monoisotopic (exact) mass is 401 g/mol. The number of rotatable bonds is 5. The maximum Gasteiger partial charge on any atom is 0.264 e. The minimum absolute atomic E-state index is 0.159. The van der Waals surface area contributed by atoms with Gasteiger partial charge in [0.2, 0.25) is 0 Å². The molecule has 1 aliphatic rings. The lowest BCUT2D eigenvalue weighted by Gasteiger charge is -2.02. The molecule has 1 amide bonds. The third kappa shape index (κ3) is 4.05. The molecule has 0 atom stereocenters. The van der Waals surface area contributed by atoms with Gasteiger partial charge in [-0.1, -0.05) is 24.1 Å². The Hall–Kier alpha value is -3.43. The van der Waals surface area contributed by atoms with Crippen molar-refractivity contribution in [3.63, 3.8) is 0 Å². The number of terminal acetylenes is 1. The van der Waals surface area contributed by atoms with Gasteiger partial charge >= 0.3 is 0 Å². The molecule has 0 unspecified atom stereocenters. The molecular formula is C23H19N3O2S. The molecule has 2 heterocycles. The molecule has 2 aromatic carbocycles. The Kier molecular flexibility index (Phi) is 5.41. The zero-order valence-electron chi connectivity index (χ0n) is 15.9. The molecule has 0 spiro atoms. The van der Waals surface area contributed by atoms with Crippen LogP contribution in [0.25, 0.3) is 17.0 Å². The van der Waals surface area contributed by atoms with Crippen LogP contribution in [0.5, 0.6) is 5.75 Å². The summed E-state index contributed by atoms with van der Waals surface area (Å²) in [6, 6.07) is 15.5. The van der Waals surface area contributed by atoms with Crippen molar-refractivity contribution in [3.05, 3.63) is 65.2 Å². The van der Waals surface area contributed by atoms with E-state index in [1.165, 1.54) is 11.8 Å². The van der Waals surface area contributed by atoms with E-state index in [0.29, 0.717) is 23.2 Å². The lowest BCUT2D eigenvalue weighted by Crippen LogP contribution is -2.19. The summed E-state index contributed by atoms with van der Waals surface area (Å²) in [4.78, 5) is 17.6. The van der Waals surface area contributed by atoms with Crippen LogP contribution in [0.3, 0.4) is 0 Å². The van der Waals surface area contributed by atoms with E-state index in [-0.39, 0.29) is 5.91 Å². The van der Waals surface area contributed by atoms with Gasteiger partial charge in [0, 0.05) is 22.7 Å². The number of fused-ring (bicyclic) bond motifs is 1. The van der Waals surface area contributed by atoms with Gasteiger partial charge in [-0.25, -0.2) is 4.99 Å². The van der Waals surface area contributed by atoms with Crippen molar-refractivity contribution in [1.29, 1.82) is 0 Å². The second-order valence-corrected chi connectivity index (χ2v) is 7.37. The number of amidine groups is 1. The van der Waals surface area contributed by atoms with Crippen molar-refractivity contribution in [1.82, 2.24) is 9.88 Å². The molecule has 29 heavy (non-hydrogen) atoms. The number of carbonyl (C=O) groups is 1. The van der Waals surface area contributed by atoms with E-state index in [1.54, 1.807) is 0 Å². The van der Waals surface area contributed by atoms with Gasteiger partial charge in [-0.2, -0.15) is 0 Å². The van der Waals surface area contributed by atoms with Crippen LogP contribution in [0, 0.1) is 12.3 Å². The maximum atomic E-state index is 12.4. The number of aromatic nitrogens is 1. The van der Waals surface area contributed by atoms with E-state index in [9.17, 15) is 4.79 Å². The van der Waals surface area contributed by atoms with Crippen molar-refractivity contribution in [3.8, 4) is 18.1 Å². The van der Waals surface area contributed by atoms with Crippen LogP contribution in [-0.2, 0) is 11.3 Å². The molecule has 0 radical (unpaired) electrons. The predicted molar refractivity (Wildman–Crippen MR) is 119 cm³/mol. The average molecular weight is 401 g/mol. The number of nitrogens with one attached hydrogen (secondary N) is 1. The molecule has 1 fully saturated rings. The van der Waals surface area contributed by atoms with Crippen molar-refractivity contribution >= 4 is 45.5 Å². The van der Waals surface area contributed by atoms with E-state index in [0.717, 1.165) is 27.9 Å². The van der Waals surface area contributed by atoms with Crippen LogP contribution in [-0.4, -0.2) is 22.2 Å². The number of thioether (sulfide) groups is 1. The average Bonchev–Trinajstić information content (AvgIpc) is 3.25. The highest BCUT2D eigenvalue weighted by Crippen LogP contribution is 2.31. The summed E-state index contributed by atoms with van der Waals surface area (Å²) in [5.74, 6) is 3.30. The van der Waals surface area contributed by atoms with Crippen LogP contribution in [0.15, 0.2) is 64.6 Å². The maximum absolute atomic E-state index is 12.4. The van der Waals surface area contributed by atoms with Gasteiger partial charge in [0.15, 0.2) is 5.17 Å². The van der Waals surface area contributed by atoms with E-state index in [4.69, 9.17) is 11.2 Å². The van der Waals surface area contributed by atoms with Gasteiger partial charge in [0.1, 0.15) is 5.75 Å². The van der Waals surface area contributed by atoms with Crippen LogP contribution < -0.4 is 10.1 Å². The Morgan fingerprint density at radius 3 is 2.79 bits per heavy atom. The summed E-state index contributed by atoms with van der Waals surface area (Å²) in [6.45, 7) is 3.04. The highest BCUT2D eigenvalue weighted by atomic mass is 32.2. The standard InChI is InChI=1S/C23H19N3O2S/c1-3-13-26-15-16(19-7-5-6-8-20(19)26)14-21-22(27)25-23(29-21)24-17-9-11-18(12-10-17)28-4-2/h1,5-12,14-15H,4,13H2,2H3,(H,24,25,27)/b21-14+. The lowest BCUT2D eigenvalue weighted by molar-refractivity contribution is -0.115. The minimum Gasteiger partial charge on any atom is -0.494 e. The summed E-state index contributed by atoms with van der Waals surface area (Å²) in [6.07, 6.45) is 9.35. The van der Waals surface area contributed by atoms with Crippen LogP contribution >= 0.6 is 11.8 Å². The van der Waals surface area contributed by atoms with Gasteiger partial charge in [0.25, 0.3) is 5.91 Å². The first-order chi connectivity index (χ1) is 14.2. The number of ether oxygens (including phenoxy) is 1. The van der Waals surface area contributed by atoms with E-state index < -0.39 is 0 Å². The molecule has 1 N–H and O–H groups in total. The first-order valence-electron chi connectivity index (χ1n) is 9.21. The first-order valence-corrected chi connectivity index (χ1v) is 10.0. The number of amides is 1. The fourth-order valence-corrected chi connectivity index (χ4v) is 3.97. The molecule has 3 aromatic rings. The Labute approximate surface area is 173 Å². The van der Waals surface area contributed by atoms with Crippen molar-refractivity contribution in [2.45, 2.75) is 13.5 Å². The van der Waals surface area contributed by atoms with E-state index >= 15 is 0 Å². The van der Waals surface area contributed by atoms with E-state index in [1.807, 2.05) is 72.3 Å². The molecule has 1 aliphatic heterocycles. The number of benzene rings is 2. The van der Waals surface area contributed by atoms with Gasteiger partial charge < -0.3 is 14.6 Å². The first kappa shape index (κ1) is 18.9. The summed E-state index contributed by atoms with van der Waals surface area (Å²) >= 11 is 1.32. The normalized spacial score (nSPS) is 16.3. The summed E-state index contributed by atoms with van der Waals surface area (Å²) < 4.78 is 7.45. The fourth-order valence-electron chi connectivity index (χ4n) is 3.14. The minimum atomic E-state index is -0.159. The topological polar surface area (TPSA) is 55.6 Å². The highest BCUT2D eigenvalue weighted by Gasteiger charge is 2.24. The highest BCUT2D eigenvalue weighted by molar-refractivity contribution is 8.18. The molecule has 6 heteroatoms. The molecule has 1 aromatic heterocycles. The number of nitrogens with zero attached hydrogens (tertiary/aromatic N) is 2. The molecule has 144 valence electrons. The zero-order valence-corrected chi connectivity index (χ0v) is 16.7. The smallest absolute Gasteiger partial charge is 0.264 e. The van der Waals surface area contributed by atoms with Crippen LogP contribution in [0.2, 0.25) is 0 Å². The Bertz CT molecular complexity index is 1170. The van der Waals surface area contributed by atoms with Crippen molar-refractivity contribution in [2.24, 2.45) is 4.99 Å². The van der Waals surface area contributed by atoms with Crippen molar-refractivity contribution < 1.29 is 9.53 Å². The van der Waals surface area contributed by atoms with E-state index in [2.05, 4.69) is 16.2 Å². The van der Waals surface area contributed by atoms with Gasteiger partial charge in [-0.3, -0.25) is 4.79 Å². The summed E-state index contributed by atoms with van der Waals surface area (Å²) in [7, 11) is 0. The van der Waals surface area contributed by atoms with Crippen LogP contribution in [0.4, 0.5) is 5.69 Å². The van der Waals surface area contributed by atoms with Crippen LogP contribution in [0.1, 0.15) is 12.5 Å². The third-order valence-electron chi connectivity index (χ3n) is 4.40. The number of aliphatic imine (C=N–C) groups is 1. The SMILES string of the molecule is C#CCn1cc(/C=C2/SC(=Nc3ccc(OCC)cc3)NC2=O)c2ccccc21. The number of hydrogen-bond donors (Lipinski definition) is 1. The van der Waals surface area contributed by atoms with Crippen molar-refractivity contribution in [2.75, 3.05) is 6.61 Å². The Morgan fingerprint density at radius 1 is 1.24 bits per heavy atom. The molecule has 5 nitrogen and oxygen atoms in total. The fraction of sp³-hybridized carbons (Fsp3) is 0.130. The lowest BCUT2D eigenvalue weighted by atomic mass is 10.1. The number of hydrogen-bond acceptors (Lipinski definition) is 4. The summed E-state index contributed by atoms with van der Waals surface area (Å²) in [5.41, 5.74) is 2.75. The second kappa shape index (κ2) is 8.29. The molecular weight excluding hydrogens is 382 g/mol. The quantitative estimate of drug-likeness (QED) is 0.503. The predicted octanol–water partition coefficient (Wildman–Crippen LogP) is 4.56. The third-order valence-corrected chi connectivity index (χ3v) is 5.31. The Balaban J connectivity index is 1.60. The molecule has 0 aliphatic carbocycles. The number of para-hydroxylation sites is 1. The Morgan fingerprint density at radius 2 is 2.03 bits per heavy atom. The summed E-state index contributed by atoms with van der Waals surface area (Å²) in [5, 5.41) is 4.44. The van der Waals surface area contributed by atoms with Gasteiger partial charge in [0.05, 0.1) is 23.7 Å². The van der Waals surface area contributed by atoms with Gasteiger partial charge in [-0.05, 0) is 55.1 Å². The zero-order chi connectivity index (χ0) is 20.2. The molecule has 0 bridgehead atoms. The molecule has 4 rings (SSSR count). The molecule has 1 saturated heterocycles. The van der Waals surface area contributed by atoms with Gasteiger partial charge in [-0.15, -0.1) is 6.42 Å². The number of carbonyl (C=O) groups excluding carboxylic acids is 1. The molecule has 0 saturated carbocycles. The largest absolute Gasteiger partial charge is 0.494 e. The second-order valence-electron chi connectivity index (χ2n) is 6.34.